The van der Waals surface area contributed by atoms with Crippen molar-refractivity contribution >= 4 is 33.4 Å². The number of nitrogens with zero attached hydrogens (tertiary/aromatic N) is 1. The van der Waals surface area contributed by atoms with Crippen LogP contribution in [0.3, 0.4) is 0 Å². The fourth-order valence-electron chi connectivity index (χ4n) is 4.25. The Morgan fingerprint density at radius 1 is 1.13 bits per heavy atom. The molecule has 162 valence electrons. The van der Waals surface area contributed by atoms with Gasteiger partial charge in [-0.25, -0.2) is 0 Å². The summed E-state index contributed by atoms with van der Waals surface area (Å²) in [6, 6.07) is 14.3. The summed E-state index contributed by atoms with van der Waals surface area (Å²) in [5.74, 6) is -1.03. The molecule has 1 amide bonds. The number of hydrogen-bond acceptors (Lipinski definition) is 4. The fourth-order valence-corrected chi connectivity index (χ4v) is 4.51. The molecule has 2 heterocycles. The SMILES string of the molecule is CC(C)c1ccc(C2/C(=C(/O)c3ccc(Br)cc3)C(=O)C(=O)N2CC2CCCO2)cc1. The highest BCUT2D eigenvalue weighted by atomic mass is 79.9. The van der Waals surface area contributed by atoms with Gasteiger partial charge in [-0.05, 0) is 42.0 Å². The quantitative estimate of drug-likeness (QED) is 0.361. The topological polar surface area (TPSA) is 66.8 Å². The number of Topliss-reactive ketones (excluding diaryl/α,β-unsaturated/α-hetero) is 1. The first-order chi connectivity index (χ1) is 14.9. The van der Waals surface area contributed by atoms with Crippen molar-refractivity contribution in [3.8, 4) is 0 Å². The summed E-state index contributed by atoms with van der Waals surface area (Å²) < 4.78 is 6.60. The number of carbonyl (C=O) groups is 2. The second-order valence-electron chi connectivity index (χ2n) is 8.41. The van der Waals surface area contributed by atoms with Gasteiger partial charge in [0, 0.05) is 23.2 Å². The lowest BCUT2D eigenvalue weighted by Crippen LogP contribution is -2.36. The van der Waals surface area contributed by atoms with Gasteiger partial charge in [0.2, 0.25) is 0 Å². The molecule has 0 saturated carbocycles. The average Bonchev–Trinajstić information content (AvgIpc) is 3.36. The van der Waals surface area contributed by atoms with Crippen LogP contribution in [0.5, 0.6) is 0 Å². The molecule has 4 rings (SSSR count). The highest BCUT2D eigenvalue weighted by Gasteiger charge is 2.47. The summed E-state index contributed by atoms with van der Waals surface area (Å²) in [6.07, 6.45) is 1.71. The van der Waals surface area contributed by atoms with Crippen LogP contribution in [0.25, 0.3) is 5.76 Å². The zero-order chi connectivity index (χ0) is 22.1. The van der Waals surface area contributed by atoms with Crippen LogP contribution in [0.1, 0.15) is 55.3 Å². The molecule has 2 unspecified atom stereocenters. The molecule has 0 aromatic heterocycles. The zero-order valence-electron chi connectivity index (χ0n) is 17.7. The molecule has 1 N–H and O–H groups in total. The van der Waals surface area contributed by atoms with Crippen molar-refractivity contribution in [2.24, 2.45) is 0 Å². The van der Waals surface area contributed by atoms with Gasteiger partial charge in [0.25, 0.3) is 11.7 Å². The van der Waals surface area contributed by atoms with Crippen molar-refractivity contribution in [3.63, 3.8) is 0 Å². The highest BCUT2D eigenvalue weighted by molar-refractivity contribution is 9.10. The Kier molecular flexibility index (Phi) is 6.30. The van der Waals surface area contributed by atoms with Crippen LogP contribution in [-0.2, 0) is 14.3 Å². The fraction of sp³-hybridized carbons (Fsp3) is 0.360. The number of likely N-dealkylation sites (tertiary alicyclic amines) is 1. The van der Waals surface area contributed by atoms with Crippen LogP contribution >= 0.6 is 15.9 Å². The van der Waals surface area contributed by atoms with Gasteiger partial charge in [-0.1, -0.05) is 66.2 Å². The van der Waals surface area contributed by atoms with E-state index in [1.165, 1.54) is 5.56 Å². The van der Waals surface area contributed by atoms with Gasteiger partial charge in [0.15, 0.2) is 0 Å². The van der Waals surface area contributed by atoms with E-state index in [9.17, 15) is 14.7 Å². The van der Waals surface area contributed by atoms with Gasteiger partial charge in [0.05, 0.1) is 17.7 Å². The number of amides is 1. The first kappa shape index (κ1) is 21.8. The van der Waals surface area contributed by atoms with Crippen molar-refractivity contribution < 1.29 is 19.4 Å². The Morgan fingerprint density at radius 2 is 1.81 bits per heavy atom. The summed E-state index contributed by atoms with van der Waals surface area (Å²) in [5.41, 5.74) is 2.61. The van der Waals surface area contributed by atoms with Crippen LogP contribution in [0.15, 0.2) is 58.6 Å². The normalized spacial score (nSPS) is 23.2. The highest BCUT2D eigenvalue weighted by Crippen LogP contribution is 2.40. The Labute approximate surface area is 190 Å². The van der Waals surface area contributed by atoms with Crippen LogP contribution in [-0.4, -0.2) is 41.0 Å². The summed E-state index contributed by atoms with van der Waals surface area (Å²) in [4.78, 5) is 27.7. The summed E-state index contributed by atoms with van der Waals surface area (Å²) >= 11 is 3.38. The molecule has 0 bridgehead atoms. The lowest BCUT2D eigenvalue weighted by molar-refractivity contribution is -0.140. The van der Waals surface area contributed by atoms with Gasteiger partial charge in [-0.2, -0.15) is 0 Å². The monoisotopic (exact) mass is 483 g/mol. The second kappa shape index (κ2) is 8.97. The molecule has 0 aliphatic carbocycles. The van der Waals surface area contributed by atoms with Gasteiger partial charge in [-0.15, -0.1) is 0 Å². The Bertz CT molecular complexity index is 1000. The number of halogens is 1. The number of aliphatic hydroxyl groups excluding tert-OH is 1. The molecule has 31 heavy (non-hydrogen) atoms. The smallest absolute Gasteiger partial charge is 0.295 e. The Morgan fingerprint density at radius 3 is 2.39 bits per heavy atom. The summed E-state index contributed by atoms with van der Waals surface area (Å²) in [7, 11) is 0. The molecule has 2 aliphatic rings. The van der Waals surface area contributed by atoms with Crippen LogP contribution in [0.2, 0.25) is 0 Å². The first-order valence-electron chi connectivity index (χ1n) is 10.6. The lowest BCUT2D eigenvalue weighted by Gasteiger charge is -2.27. The molecule has 2 aromatic carbocycles. The van der Waals surface area contributed by atoms with Crippen LogP contribution in [0.4, 0.5) is 0 Å². The third-order valence-corrected chi connectivity index (χ3v) is 6.53. The third kappa shape index (κ3) is 4.32. The molecule has 0 spiro atoms. The molecule has 2 fully saturated rings. The number of aliphatic hydroxyl groups is 1. The van der Waals surface area contributed by atoms with E-state index in [0.29, 0.717) is 24.6 Å². The number of hydrogen-bond donors (Lipinski definition) is 1. The molecule has 5 nitrogen and oxygen atoms in total. The summed E-state index contributed by atoms with van der Waals surface area (Å²) in [6.45, 7) is 5.23. The van der Waals surface area contributed by atoms with Crippen LogP contribution in [0, 0.1) is 0 Å². The molecule has 2 aromatic rings. The van der Waals surface area contributed by atoms with Gasteiger partial charge < -0.3 is 14.7 Å². The maximum atomic E-state index is 13.1. The molecule has 2 aliphatic heterocycles. The van der Waals surface area contributed by atoms with Crippen molar-refractivity contribution in [2.75, 3.05) is 13.2 Å². The Hall–Kier alpha value is -2.44. The minimum atomic E-state index is -0.656. The summed E-state index contributed by atoms with van der Waals surface area (Å²) in [5, 5.41) is 11.1. The van der Waals surface area contributed by atoms with Crippen molar-refractivity contribution in [1.29, 1.82) is 0 Å². The van der Waals surface area contributed by atoms with Crippen molar-refractivity contribution in [3.05, 3.63) is 75.3 Å². The maximum absolute atomic E-state index is 13.1. The van der Waals surface area contributed by atoms with E-state index < -0.39 is 17.7 Å². The number of ketones is 1. The predicted octanol–water partition coefficient (Wildman–Crippen LogP) is 5.17. The molecule has 6 heteroatoms. The largest absolute Gasteiger partial charge is 0.507 e. The number of rotatable bonds is 5. The van der Waals surface area contributed by atoms with E-state index in [0.717, 1.165) is 22.9 Å². The number of ether oxygens (including phenoxy) is 1. The lowest BCUT2D eigenvalue weighted by atomic mass is 9.93. The average molecular weight is 484 g/mol. The maximum Gasteiger partial charge on any atom is 0.295 e. The van der Waals surface area contributed by atoms with E-state index >= 15 is 0 Å². The standard InChI is InChI=1S/C25H26BrNO4/c1-15(2)16-5-7-17(8-6-16)22-21(23(28)18-9-11-19(26)12-10-18)24(29)25(30)27(22)14-20-4-3-13-31-20/h5-12,15,20,22,28H,3-4,13-14H2,1-2H3/b23-21-. The number of carbonyl (C=O) groups excluding carboxylic acids is 2. The van der Waals surface area contributed by atoms with E-state index in [1.807, 2.05) is 24.3 Å². The van der Waals surface area contributed by atoms with E-state index in [2.05, 4.69) is 29.8 Å². The third-order valence-electron chi connectivity index (χ3n) is 6.00. The van der Waals surface area contributed by atoms with Crippen molar-refractivity contribution in [2.45, 2.75) is 44.8 Å². The van der Waals surface area contributed by atoms with Crippen molar-refractivity contribution in [1.82, 2.24) is 4.90 Å². The molecular weight excluding hydrogens is 458 g/mol. The van der Waals surface area contributed by atoms with Gasteiger partial charge in [-0.3, -0.25) is 9.59 Å². The molecule has 0 radical (unpaired) electrons. The van der Waals surface area contributed by atoms with Gasteiger partial charge >= 0.3 is 0 Å². The van der Waals surface area contributed by atoms with Crippen LogP contribution < -0.4 is 0 Å². The molecule has 2 atom stereocenters. The Balaban J connectivity index is 1.80. The van der Waals surface area contributed by atoms with Gasteiger partial charge in [0.1, 0.15) is 5.76 Å². The van der Waals surface area contributed by atoms with E-state index in [4.69, 9.17) is 4.74 Å². The predicted molar refractivity (Wildman–Crippen MR) is 123 cm³/mol. The minimum Gasteiger partial charge on any atom is -0.507 e. The molecular formula is C25H26BrNO4. The van der Waals surface area contributed by atoms with E-state index in [1.54, 1.807) is 29.2 Å². The molecule has 2 saturated heterocycles. The first-order valence-corrected chi connectivity index (χ1v) is 11.4. The van der Waals surface area contributed by atoms with E-state index in [-0.39, 0.29) is 17.4 Å². The second-order valence-corrected chi connectivity index (χ2v) is 9.33. The zero-order valence-corrected chi connectivity index (χ0v) is 19.3. The minimum absolute atomic E-state index is 0.0941. The number of benzene rings is 2.